The molecule has 2 N–H and O–H groups in total. The highest BCUT2D eigenvalue weighted by Gasteiger charge is 2.28. The first-order valence-electron chi connectivity index (χ1n) is 9.78. The van der Waals surface area contributed by atoms with E-state index in [2.05, 4.69) is 5.32 Å². The lowest BCUT2D eigenvalue weighted by atomic mass is 9.98. The number of aliphatic hydroxyl groups is 1. The first-order chi connectivity index (χ1) is 13.2. The molecular weight excluding hydrogens is 352 g/mol. The molecule has 0 bridgehead atoms. The van der Waals surface area contributed by atoms with E-state index in [1.165, 1.54) is 0 Å². The van der Waals surface area contributed by atoms with Crippen molar-refractivity contribution in [2.75, 3.05) is 10.2 Å². The predicted octanol–water partition coefficient (Wildman–Crippen LogP) is 4.16. The fraction of sp³-hybridized carbons (Fsp3) is 0.391. The Labute approximate surface area is 166 Å². The summed E-state index contributed by atoms with van der Waals surface area (Å²) in [7, 11) is 0. The summed E-state index contributed by atoms with van der Waals surface area (Å²) >= 11 is 0. The normalized spacial score (nSPS) is 17.1. The Morgan fingerprint density at radius 3 is 2.54 bits per heavy atom. The van der Waals surface area contributed by atoms with Crippen LogP contribution in [0.25, 0.3) is 0 Å². The van der Waals surface area contributed by atoms with E-state index in [4.69, 9.17) is 0 Å². The summed E-state index contributed by atoms with van der Waals surface area (Å²) in [5.41, 5.74) is 2.44. The van der Waals surface area contributed by atoms with Gasteiger partial charge >= 0.3 is 0 Å². The number of aryl methyl sites for hydroxylation is 1. The number of carbonyl (C=O) groups excluding carboxylic acids is 2. The van der Waals surface area contributed by atoms with Gasteiger partial charge in [-0.3, -0.25) is 9.59 Å². The van der Waals surface area contributed by atoms with Crippen molar-refractivity contribution in [3.8, 4) is 0 Å². The molecule has 3 rings (SSSR count). The largest absolute Gasteiger partial charge is 0.390 e. The van der Waals surface area contributed by atoms with E-state index in [0.717, 1.165) is 24.1 Å². The van der Waals surface area contributed by atoms with Gasteiger partial charge in [0.2, 0.25) is 5.91 Å². The van der Waals surface area contributed by atoms with Crippen molar-refractivity contribution in [2.45, 2.75) is 58.1 Å². The number of amides is 2. The zero-order valence-electron chi connectivity index (χ0n) is 16.7. The van der Waals surface area contributed by atoms with Gasteiger partial charge in [-0.2, -0.15) is 0 Å². The molecule has 2 aromatic rings. The van der Waals surface area contributed by atoms with E-state index in [-0.39, 0.29) is 17.9 Å². The first-order valence-corrected chi connectivity index (χ1v) is 9.78. The molecule has 1 unspecified atom stereocenters. The second kappa shape index (κ2) is 8.15. The van der Waals surface area contributed by atoms with Crippen molar-refractivity contribution >= 4 is 23.2 Å². The minimum Gasteiger partial charge on any atom is -0.390 e. The molecule has 1 aliphatic heterocycles. The maximum Gasteiger partial charge on any atom is 0.255 e. The minimum absolute atomic E-state index is 0.123. The topological polar surface area (TPSA) is 69.6 Å². The van der Waals surface area contributed by atoms with Crippen LogP contribution in [-0.4, -0.2) is 28.6 Å². The number of hydrogen-bond donors (Lipinski definition) is 2. The number of nitrogens with zero attached hydrogens (tertiary/aromatic N) is 1. The van der Waals surface area contributed by atoms with Crippen LogP contribution in [0.1, 0.15) is 56.0 Å². The van der Waals surface area contributed by atoms with Gasteiger partial charge in [-0.05, 0) is 75.9 Å². The third-order valence-corrected chi connectivity index (χ3v) is 5.11. The molecule has 1 fully saturated rings. The Hall–Kier alpha value is -2.66. The van der Waals surface area contributed by atoms with Crippen LogP contribution in [0.2, 0.25) is 0 Å². The molecule has 0 aliphatic carbocycles. The summed E-state index contributed by atoms with van der Waals surface area (Å²) < 4.78 is 0. The molecule has 1 heterocycles. The zero-order chi connectivity index (χ0) is 20.3. The predicted molar refractivity (Wildman–Crippen MR) is 112 cm³/mol. The molecule has 2 amide bonds. The average molecular weight is 380 g/mol. The second-order valence-electron chi connectivity index (χ2n) is 8.17. The van der Waals surface area contributed by atoms with Gasteiger partial charge in [-0.15, -0.1) is 0 Å². The Morgan fingerprint density at radius 2 is 1.93 bits per heavy atom. The Morgan fingerprint density at radius 1 is 1.21 bits per heavy atom. The zero-order valence-corrected chi connectivity index (χ0v) is 16.7. The molecular formula is C23H28N2O3. The van der Waals surface area contributed by atoms with Gasteiger partial charge in [-0.1, -0.05) is 18.2 Å². The SMILES string of the molecule is CC1CCC(=O)N1c1cccc(NC(=O)c2ccc(CCC(C)(C)O)cc2)c1. The van der Waals surface area contributed by atoms with Gasteiger partial charge in [0.15, 0.2) is 0 Å². The molecule has 2 aromatic carbocycles. The van der Waals surface area contributed by atoms with E-state index >= 15 is 0 Å². The molecule has 0 saturated carbocycles. The lowest BCUT2D eigenvalue weighted by molar-refractivity contribution is -0.117. The minimum atomic E-state index is -0.699. The number of carbonyl (C=O) groups is 2. The van der Waals surface area contributed by atoms with Crippen molar-refractivity contribution in [2.24, 2.45) is 0 Å². The molecule has 1 aliphatic rings. The third kappa shape index (κ3) is 4.98. The molecule has 0 aromatic heterocycles. The average Bonchev–Trinajstić information content (AvgIpc) is 2.98. The number of nitrogens with one attached hydrogen (secondary N) is 1. The monoisotopic (exact) mass is 380 g/mol. The van der Waals surface area contributed by atoms with Gasteiger partial charge < -0.3 is 15.3 Å². The van der Waals surface area contributed by atoms with Crippen LogP contribution in [0.5, 0.6) is 0 Å². The van der Waals surface area contributed by atoms with Gasteiger partial charge in [0, 0.05) is 29.4 Å². The maximum absolute atomic E-state index is 12.6. The van der Waals surface area contributed by atoms with E-state index in [1.54, 1.807) is 30.9 Å². The molecule has 1 atom stereocenters. The van der Waals surface area contributed by atoms with E-state index in [9.17, 15) is 14.7 Å². The van der Waals surface area contributed by atoms with E-state index in [1.807, 2.05) is 43.3 Å². The van der Waals surface area contributed by atoms with Gasteiger partial charge in [-0.25, -0.2) is 0 Å². The quantitative estimate of drug-likeness (QED) is 0.791. The summed E-state index contributed by atoms with van der Waals surface area (Å²) in [5.74, 6) is -0.0652. The van der Waals surface area contributed by atoms with Crippen molar-refractivity contribution in [3.63, 3.8) is 0 Å². The molecule has 0 radical (unpaired) electrons. The summed E-state index contributed by atoms with van der Waals surface area (Å²) in [6.45, 7) is 5.62. The number of rotatable bonds is 6. The number of benzene rings is 2. The third-order valence-electron chi connectivity index (χ3n) is 5.11. The van der Waals surface area contributed by atoms with Crippen LogP contribution in [0.15, 0.2) is 48.5 Å². The molecule has 5 nitrogen and oxygen atoms in total. The molecule has 148 valence electrons. The first kappa shape index (κ1) is 20.1. The van der Waals surface area contributed by atoms with Crippen LogP contribution < -0.4 is 10.2 Å². The highest BCUT2D eigenvalue weighted by atomic mass is 16.3. The second-order valence-corrected chi connectivity index (χ2v) is 8.17. The number of anilines is 2. The highest BCUT2D eigenvalue weighted by molar-refractivity contribution is 6.05. The van der Waals surface area contributed by atoms with Crippen LogP contribution in [0.4, 0.5) is 11.4 Å². The van der Waals surface area contributed by atoms with Gasteiger partial charge in [0.1, 0.15) is 0 Å². The Balaban J connectivity index is 1.66. The van der Waals surface area contributed by atoms with Crippen LogP contribution in [0, 0.1) is 0 Å². The van der Waals surface area contributed by atoms with E-state index in [0.29, 0.717) is 24.1 Å². The lowest BCUT2D eigenvalue weighted by Crippen LogP contribution is -2.30. The van der Waals surface area contributed by atoms with Crippen LogP contribution in [-0.2, 0) is 11.2 Å². The van der Waals surface area contributed by atoms with Crippen molar-refractivity contribution in [1.29, 1.82) is 0 Å². The fourth-order valence-corrected chi connectivity index (χ4v) is 3.44. The smallest absolute Gasteiger partial charge is 0.255 e. The Kier molecular flexibility index (Phi) is 5.84. The summed E-state index contributed by atoms with van der Waals surface area (Å²) in [5, 5.41) is 12.7. The number of hydrogen-bond acceptors (Lipinski definition) is 3. The summed E-state index contributed by atoms with van der Waals surface area (Å²) in [6, 6.07) is 15.0. The molecule has 5 heteroatoms. The van der Waals surface area contributed by atoms with Crippen molar-refractivity contribution < 1.29 is 14.7 Å². The lowest BCUT2D eigenvalue weighted by Gasteiger charge is -2.22. The summed E-state index contributed by atoms with van der Waals surface area (Å²) in [4.78, 5) is 26.5. The summed E-state index contributed by atoms with van der Waals surface area (Å²) in [6.07, 6.45) is 2.85. The maximum atomic E-state index is 12.6. The molecule has 28 heavy (non-hydrogen) atoms. The highest BCUT2D eigenvalue weighted by Crippen LogP contribution is 2.28. The van der Waals surface area contributed by atoms with Gasteiger partial charge in [0.25, 0.3) is 5.91 Å². The fourth-order valence-electron chi connectivity index (χ4n) is 3.44. The van der Waals surface area contributed by atoms with Crippen molar-refractivity contribution in [1.82, 2.24) is 0 Å². The van der Waals surface area contributed by atoms with E-state index < -0.39 is 5.60 Å². The van der Waals surface area contributed by atoms with Gasteiger partial charge in [0.05, 0.1) is 5.60 Å². The standard InChI is InChI=1S/C23H28N2O3/c1-16-7-12-21(26)25(16)20-6-4-5-19(15-20)24-22(27)18-10-8-17(9-11-18)13-14-23(2,3)28/h4-6,8-11,15-16,28H,7,12-14H2,1-3H3,(H,24,27). The molecule has 0 spiro atoms. The van der Waals surface area contributed by atoms with Crippen molar-refractivity contribution in [3.05, 3.63) is 59.7 Å². The van der Waals surface area contributed by atoms with Crippen LogP contribution >= 0.6 is 0 Å². The Bertz CT molecular complexity index is 853. The molecule has 1 saturated heterocycles. The van der Waals surface area contributed by atoms with Crippen LogP contribution in [0.3, 0.4) is 0 Å².